The maximum atomic E-state index is 12.8. The summed E-state index contributed by atoms with van der Waals surface area (Å²) in [5.41, 5.74) is 1.49. The molecule has 1 N–H and O–H groups in total. The molecule has 0 aliphatic carbocycles. The van der Waals surface area contributed by atoms with Gasteiger partial charge in [0.2, 0.25) is 0 Å². The van der Waals surface area contributed by atoms with E-state index in [1.54, 1.807) is 16.7 Å². The smallest absolute Gasteiger partial charge is 0.409 e. The summed E-state index contributed by atoms with van der Waals surface area (Å²) in [6.45, 7) is 3.04. The zero-order chi connectivity index (χ0) is 19.2. The molecule has 0 spiro atoms. The highest BCUT2D eigenvalue weighted by Crippen LogP contribution is 2.27. The highest BCUT2D eigenvalue weighted by molar-refractivity contribution is 7.98. The van der Waals surface area contributed by atoms with Gasteiger partial charge in [0.1, 0.15) is 5.76 Å². The van der Waals surface area contributed by atoms with E-state index < -0.39 is 0 Å². The Kier molecular flexibility index (Phi) is 6.39. The fourth-order valence-corrected chi connectivity index (χ4v) is 3.94. The van der Waals surface area contributed by atoms with Crippen molar-refractivity contribution in [2.45, 2.75) is 36.5 Å². The first-order valence-corrected chi connectivity index (χ1v) is 9.83. The predicted octanol–water partition coefficient (Wildman–Crippen LogP) is 3.24. The molecule has 1 aromatic heterocycles. The molecule has 2 amide bonds. The van der Waals surface area contributed by atoms with Gasteiger partial charge in [0, 0.05) is 30.1 Å². The molecule has 0 radical (unpaired) electrons. The molecule has 1 saturated heterocycles. The molecule has 8 heteroatoms. The van der Waals surface area contributed by atoms with E-state index in [1.807, 2.05) is 37.3 Å². The molecule has 0 atom stereocenters. The first-order valence-electron chi connectivity index (χ1n) is 8.84. The first-order chi connectivity index (χ1) is 13.1. The number of hydrogen-bond donors (Lipinski definition) is 1. The Labute approximate surface area is 162 Å². The monoisotopic (exact) mass is 389 g/mol. The third-order valence-corrected chi connectivity index (χ3v) is 5.54. The van der Waals surface area contributed by atoms with Crippen LogP contribution in [0.4, 0.5) is 4.79 Å². The van der Waals surface area contributed by atoms with E-state index in [1.165, 1.54) is 7.11 Å². The molecule has 0 saturated carbocycles. The van der Waals surface area contributed by atoms with Crippen LogP contribution in [0.3, 0.4) is 0 Å². The van der Waals surface area contributed by atoms with Crippen molar-refractivity contribution in [2.75, 3.05) is 20.2 Å². The number of methoxy groups -OCH3 is 1. The Morgan fingerprint density at radius 3 is 2.74 bits per heavy atom. The summed E-state index contributed by atoms with van der Waals surface area (Å²) in [5, 5.41) is 6.97. The molecule has 2 aromatic rings. The number of rotatable bonds is 5. The lowest BCUT2D eigenvalue weighted by Gasteiger charge is -2.31. The molecule has 1 aliphatic heterocycles. The van der Waals surface area contributed by atoms with Gasteiger partial charge in [-0.05, 0) is 31.9 Å². The van der Waals surface area contributed by atoms with Crippen LogP contribution in [0.2, 0.25) is 0 Å². The number of aryl methyl sites for hydroxylation is 1. The number of likely N-dealkylation sites (tertiary alicyclic amines) is 1. The summed E-state index contributed by atoms with van der Waals surface area (Å²) in [6, 6.07) is 9.48. The van der Waals surface area contributed by atoms with Gasteiger partial charge in [-0.3, -0.25) is 4.79 Å². The summed E-state index contributed by atoms with van der Waals surface area (Å²) in [6.07, 6.45) is 1.12. The fraction of sp³-hybridized carbons (Fsp3) is 0.421. The van der Waals surface area contributed by atoms with Crippen LogP contribution in [0.5, 0.6) is 0 Å². The number of ether oxygens (including phenoxy) is 1. The number of hydrogen-bond acceptors (Lipinski definition) is 6. The van der Waals surface area contributed by atoms with Gasteiger partial charge in [0.05, 0.1) is 24.1 Å². The van der Waals surface area contributed by atoms with E-state index in [9.17, 15) is 9.59 Å². The Morgan fingerprint density at radius 1 is 1.33 bits per heavy atom. The molecule has 144 valence electrons. The average molecular weight is 389 g/mol. The molecule has 1 fully saturated rings. The predicted molar refractivity (Wildman–Crippen MR) is 102 cm³/mol. The number of carbonyl (C=O) groups is 2. The van der Waals surface area contributed by atoms with Crippen LogP contribution in [-0.4, -0.2) is 48.3 Å². The van der Waals surface area contributed by atoms with Gasteiger partial charge >= 0.3 is 6.09 Å². The molecule has 0 unspecified atom stereocenters. The molecule has 1 aromatic carbocycles. The van der Waals surface area contributed by atoms with E-state index in [2.05, 4.69) is 10.5 Å². The standard InChI is InChI=1S/C19H23N3O4S/c1-13-11-15(26-21-13)12-27-17-6-4-3-5-16(17)18(23)20-14-7-9-22(10-8-14)19(24)25-2/h3-6,11,14H,7-10,12H2,1-2H3,(H,20,23). The highest BCUT2D eigenvalue weighted by atomic mass is 32.2. The summed E-state index contributed by atoms with van der Waals surface area (Å²) in [4.78, 5) is 26.9. The van der Waals surface area contributed by atoms with Crippen LogP contribution < -0.4 is 5.32 Å². The lowest BCUT2D eigenvalue weighted by atomic mass is 10.0. The van der Waals surface area contributed by atoms with Gasteiger partial charge < -0.3 is 19.5 Å². The number of nitrogens with zero attached hydrogens (tertiary/aromatic N) is 2. The van der Waals surface area contributed by atoms with E-state index in [4.69, 9.17) is 9.26 Å². The van der Waals surface area contributed by atoms with Gasteiger partial charge in [-0.1, -0.05) is 17.3 Å². The zero-order valence-electron chi connectivity index (χ0n) is 15.4. The Morgan fingerprint density at radius 2 is 2.07 bits per heavy atom. The van der Waals surface area contributed by atoms with E-state index >= 15 is 0 Å². The second-order valence-corrected chi connectivity index (χ2v) is 7.44. The summed E-state index contributed by atoms with van der Waals surface area (Å²) in [5.74, 6) is 1.30. The third kappa shape index (κ3) is 5.03. The Hall–Kier alpha value is -2.48. The van der Waals surface area contributed by atoms with E-state index in [0.29, 0.717) is 37.2 Å². The number of aromatic nitrogens is 1. The lowest BCUT2D eigenvalue weighted by molar-refractivity contribution is 0.0889. The van der Waals surface area contributed by atoms with Crippen molar-refractivity contribution in [1.82, 2.24) is 15.4 Å². The van der Waals surface area contributed by atoms with Crippen molar-refractivity contribution >= 4 is 23.8 Å². The number of amides is 2. The van der Waals surface area contributed by atoms with Crippen LogP contribution in [0.25, 0.3) is 0 Å². The van der Waals surface area contributed by atoms with Gasteiger partial charge in [0.25, 0.3) is 5.91 Å². The molecular weight excluding hydrogens is 366 g/mol. The summed E-state index contributed by atoms with van der Waals surface area (Å²) >= 11 is 1.55. The van der Waals surface area contributed by atoms with Crippen molar-refractivity contribution in [1.29, 1.82) is 0 Å². The van der Waals surface area contributed by atoms with Gasteiger partial charge in [-0.25, -0.2) is 4.79 Å². The molecule has 0 bridgehead atoms. The maximum Gasteiger partial charge on any atom is 0.409 e. The van der Waals surface area contributed by atoms with Gasteiger partial charge in [-0.2, -0.15) is 0 Å². The normalized spacial score (nSPS) is 14.8. The van der Waals surface area contributed by atoms with Crippen molar-refractivity contribution in [3.8, 4) is 0 Å². The third-order valence-electron chi connectivity index (χ3n) is 4.44. The zero-order valence-corrected chi connectivity index (χ0v) is 16.3. The number of piperidine rings is 1. The van der Waals surface area contributed by atoms with Crippen molar-refractivity contribution in [3.63, 3.8) is 0 Å². The minimum absolute atomic E-state index is 0.0494. The first kappa shape index (κ1) is 19.3. The average Bonchev–Trinajstić information content (AvgIpc) is 3.11. The van der Waals surface area contributed by atoms with Crippen LogP contribution in [0.1, 0.15) is 34.7 Å². The summed E-state index contributed by atoms with van der Waals surface area (Å²) in [7, 11) is 1.38. The molecular formula is C19H23N3O4S. The second kappa shape index (κ2) is 8.94. The van der Waals surface area contributed by atoms with Crippen LogP contribution in [0.15, 0.2) is 39.8 Å². The lowest BCUT2D eigenvalue weighted by Crippen LogP contribution is -2.46. The minimum atomic E-state index is -0.316. The highest BCUT2D eigenvalue weighted by Gasteiger charge is 2.25. The van der Waals surface area contributed by atoms with Crippen LogP contribution in [0, 0.1) is 6.92 Å². The van der Waals surface area contributed by atoms with Crippen LogP contribution in [-0.2, 0) is 10.5 Å². The minimum Gasteiger partial charge on any atom is -0.453 e. The van der Waals surface area contributed by atoms with Gasteiger partial charge in [-0.15, -0.1) is 11.8 Å². The fourth-order valence-electron chi connectivity index (χ4n) is 3.01. The van der Waals surface area contributed by atoms with Crippen molar-refractivity contribution < 1.29 is 18.8 Å². The number of nitrogens with one attached hydrogen (secondary N) is 1. The summed E-state index contributed by atoms with van der Waals surface area (Å²) < 4.78 is 9.97. The SMILES string of the molecule is COC(=O)N1CCC(NC(=O)c2ccccc2SCc2cc(C)no2)CC1. The van der Waals surface area contributed by atoms with Crippen molar-refractivity contribution in [3.05, 3.63) is 47.3 Å². The molecule has 7 nitrogen and oxygen atoms in total. The molecule has 2 heterocycles. The Balaban J connectivity index is 1.58. The maximum absolute atomic E-state index is 12.8. The quantitative estimate of drug-likeness (QED) is 0.791. The molecule has 3 rings (SSSR count). The van der Waals surface area contributed by atoms with Crippen LogP contribution >= 0.6 is 11.8 Å². The number of thioether (sulfide) groups is 1. The van der Waals surface area contributed by atoms with Crippen molar-refractivity contribution in [2.24, 2.45) is 0 Å². The second-order valence-electron chi connectivity index (χ2n) is 6.42. The van der Waals surface area contributed by atoms with Gasteiger partial charge in [0.15, 0.2) is 0 Å². The van der Waals surface area contributed by atoms with E-state index in [-0.39, 0.29) is 18.0 Å². The van der Waals surface area contributed by atoms with E-state index in [0.717, 1.165) is 16.3 Å². The largest absolute Gasteiger partial charge is 0.453 e. The molecule has 27 heavy (non-hydrogen) atoms. The molecule has 1 aliphatic rings. The Bertz CT molecular complexity index is 800. The number of carbonyl (C=O) groups excluding carboxylic acids is 2. The number of benzene rings is 1. The topological polar surface area (TPSA) is 84.7 Å².